The number of hydrogen-bond donors (Lipinski definition) is 0. The van der Waals surface area contributed by atoms with E-state index in [4.69, 9.17) is 9.47 Å². The van der Waals surface area contributed by atoms with Crippen molar-refractivity contribution < 1.29 is 35.8 Å². The van der Waals surface area contributed by atoms with E-state index in [2.05, 4.69) is 0 Å². The van der Waals surface area contributed by atoms with Gasteiger partial charge in [-0.15, -0.1) is 0 Å². The van der Waals surface area contributed by atoms with Crippen LogP contribution in [0.2, 0.25) is 0 Å². The molecule has 2 atom stereocenters. The van der Waals surface area contributed by atoms with Gasteiger partial charge in [0.15, 0.2) is 0 Å². The van der Waals surface area contributed by atoms with Gasteiger partial charge in [0.2, 0.25) is 5.41 Å². The molecule has 1 aliphatic carbocycles. The summed E-state index contributed by atoms with van der Waals surface area (Å²) in [5.41, 5.74) is -6.11. The van der Waals surface area contributed by atoms with Gasteiger partial charge in [-0.3, -0.25) is 0 Å². The first-order valence-electron chi connectivity index (χ1n) is 9.86. The maximum Gasteiger partial charge on any atom is 0.411 e. The van der Waals surface area contributed by atoms with Gasteiger partial charge in [-0.05, 0) is 59.4 Å². The van der Waals surface area contributed by atoms with Gasteiger partial charge in [0.25, 0.3) is 0 Å². The number of halogens is 6. The Labute approximate surface area is 182 Å². The largest absolute Gasteiger partial charge is 0.497 e. The molecule has 2 unspecified atom stereocenters. The molecule has 0 bridgehead atoms. The molecule has 0 saturated carbocycles. The summed E-state index contributed by atoms with van der Waals surface area (Å²) >= 11 is 0. The lowest BCUT2D eigenvalue weighted by atomic mass is 9.73. The minimum absolute atomic E-state index is 0.138. The molecule has 0 aromatic heterocycles. The van der Waals surface area contributed by atoms with Crippen molar-refractivity contribution in [3.05, 3.63) is 83.6 Å². The fourth-order valence-electron chi connectivity index (χ4n) is 3.69. The molecule has 0 N–H and O–H groups in total. The first-order valence-corrected chi connectivity index (χ1v) is 9.86. The maximum absolute atomic E-state index is 14.2. The Bertz CT molecular complexity index is 971. The summed E-state index contributed by atoms with van der Waals surface area (Å²) in [7, 11) is 1.27. The van der Waals surface area contributed by atoms with Crippen LogP contribution in [0.4, 0.5) is 26.3 Å². The van der Waals surface area contributed by atoms with Crippen molar-refractivity contribution in [1.29, 1.82) is 0 Å². The van der Waals surface area contributed by atoms with E-state index < -0.39 is 28.9 Å². The lowest BCUT2D eigenvalue weighted by Gasteiger charge is -2.38. The standard InChI is InChI=1S/C24H22F6O2/c1-15-4-9-21(14-16(15)2)32-20-12-7-18(8-13-20)22(23(25,26)27,24(28,29)30)17-5-10-19(31-3)11-6-17/h4-16H,1-3H3. The van der Waals surface area contributed by atoms with E-state index in [1.54, 1.807) is 6.08 Å². The zero-order valence-corrected chi connectivity index (χ0v) is 17.6. The molecule has 2 aromatic carbocycles. The Kier molecular flexibility index (Phi) is 6.36. The van der Waals surface area contributed by atoms with Crippen molar-refractivity contribution in [2.75, 3.05) is 7.11 Å². The van der Waals surface area contributed by atoms with Gasteiger partial charge in [-0.2, -0.15) is 26.3 Å². The predicted molar refractivity (Wildman–Crippen MR) is 109 cm³/mol. The Morgan fingerprint density at radius 3 is 1.56 bits per heavy atom. The normalized spacial score (nSPS) is 19.5. The third-order valence-corrected chi connectivity index (χ3v) is 5.72. The molecule has 0 aliphatic heterocycles. The number of hydrogen-bond acceptors (Lipinski definition) is 2. The summed E-state index contributed by atoms with van der Waals surface area (Å²) in [5, 5.41) is 0. The van der Waals surface area contributed by atoms with Crippen LogP contribution in [-0.2, 0) is 5.41 Å². The molecule has 2 aromatic rings. The van der Waals surface area contributed by atoms with Gasteiger partial charge in [0.05, 0.1) is 7.11 Å². The first-order chi connectivity index (χ1) is 14.9. The second-order valence-corrected chi connectivity index (χ2v) is 7.75. The van der Waals surface area contributed by atoms with Crippen molar-refractivity contribution in [1.82, 2.24) is 0 Å². The van der Waals surface area contributed by atoms with E-state index in [0.717, 1.165) is 48.5 Å². The minimum atomic E-state index is -5.65. The maximum atomic E-state index is 14.2. The van der Waals surface area contributed by atoms with Crippen molar-refractivity contribution >= 4 is 0 Å². The van der Waals surface area contributed by atoms with Gasteiger partial charge < -0.3 is 9.47 Å². The lowest BCUT2D eigenvalue weighted by Crippen LogP contribution is -2.54. The van der Waals surface area contributed by atoms with Gasteiger partial charge >= 0.3 is 12.4 Å². The summed E-state index contributed by atoms with van der Waals surface area (Å²) in [5.74, 6) is 1.25. The molecule has 0 spiro atoms. The average Bonchev–Trinajstić information content (AvgIpc) is 2.71. The van der Waals surface area contributed by atoms with Crippen LogP contribution < -0.4 is 9.47 Å². The second-order valence-electron chi connectivity index (χ2n) is 7.75. The fraction of sp³-hybridized carbons (Fsp3) is 0.333. The number of rotatable bonds is 5. The SMILES string of the molecule is COc1ccc(C(c2ccc(OC3=CC(C)C(C)C=C3)cc2)(C(F)(F)F)C(F)(F)F)cc1. The zero-order chi connectivity index (χ0) is 23.7. The number of methoxy groups -OCH3 is 1. The molecule has 172 valence electrons. The Hall–Kier alpha value is -2.90. The highest BCUT2D eigenvalue weighted by Gasteiger charge is 2.72. The average molecular weight is 456 g/mol. The fourth-order valence-corrected chi connectivity index (χ4v) is 3.69. The number of ether oxygens (including phenoxy) is 2. The van der Waals surface area contributed by atoms with Crippen LogP contribution in [0.3, 0.4) is 0 Å². The summed E-state index contributed by atoms with van der Waals surface area (Å²) in [4.78, 5) is 0. The summed E-state index contributed by atoms with van der Waals surface area (Å²) in [6.45, 7) is 4.01. The third kappa shape index (κ3) is 4.23. The van der Waals surface area contributed by atoms with Crippen LogP contribution in [0.5, 0.6) is 11.5 Å². The topological polar surface area (TPSA) is 18.5 Å². The van der Waals surface area contributed by atoms with Crippen LogP contribution in [0.15, 0.2) is 72.5 Å². The Balaban J connectivity index is 2.06. The molecule has 0 heterocycles. The molecule has 0 fully saturated rings. The van der Waals surface area contributed by atoms with Gasteiger partial charge in [0, 0.05) is 0 Å². The van der Waals surface area contributed by atoms with Gasteiger partial charge in [-0.25, -0.2) is 0 Å². The van der Waals surface area contributed by atoms with E-state index in [1.165, 1.54) is 7.11 Å². The molecule has 3 rings (SSSR count). The van der Waals surface area contributed by atoms with Crippen molar-refractivity contribution in [3.63, 3.8) is 0 Å². The lowest BCUT2D eigenvalue weighted by molar-refractivity contribution is -0.288. The second kappa shape index (κ2) is 8.56. The highest BCUT2D eigenvalue weighted by Crippen LogP contribution is 2.56. The van der Waals surface area contributed by atoms with Crippen LogP contribution in [0.25, 0.3) is 0 Å². The van der Waals surface area contributed by atoms with E-state index in [9.17, 15) is 26.3 Å². The number of alkyl halides is 6. The number of allylic oxidation sites excluding steroid dienone is 3. The highest BCUT2D eigenvalue weighted by atomic mass is 19.4. The molecule has 32 heavy (non-hydrogen) atoms. The number of benzene rings is 2. The van der Waals surface area contributed by atoms with E-state index >= 15 is 0 Å². The summed E-state index contributed by atoms with van der Waals surface area (Å²) in [6, 6.07) is 7.55. The predicted octanol–water partition coefficient (Wildman–Crippen LogP) is 7.21. The third-order valence-electron chi connectivity index (χ3n) is 5.72. The summed E-state index contributed by atoms with van der Waals surface area (Å²) in [6.07, 6.45) is -5.79. The monoisotopic (exact) mass is 456 g/mol. The van der Waals surface area contributed by atoms with Crippen LogP contribution in [-0.4, -0.2) is 19.5 Å². The molecular formula is C24H22F6O2. The molecule has 0 radical (unpaired) electrons. The Morgan fingerprint density at radius 1 is 0.688 bits per heavy atom. The molecule has 2 nitrogen and oxygen atoms in total. The van der Waals surface area contributed by atoms with E-state index in [-0.39, 0.29) is 17.4 Å². The molecule has 0 saturated heterocycles. The Morgan fingerprint density at radius 2 is 1.16 bits per heavy atom. The molecule has 0 amide bonds. The van der Waals surface area contributed by atoms with E-state index in [1.807, 2.05) is 26.0 Å². The van der Waals surface area contributed by atoms with Crippen molar-refractivity contribution in [2.45, 2.75) is 31.6 Å². The summed E-state index contributed by atoms with van der Waals surface area (Å²) < 4.78 is 95.6. The van der Waals surface area contributed by atoms with Crippen LogP contribution in [0.1, 0.15) is 25.0 Å². The quantitative estimate of drug-likeness (QED) is 0.443. The van der Waals surface area contributed by atoms with Gasteiger partial charge in [0.1, 0.15) is 17.3 Å². The highest BCUT2D eigenvalue weighted by molar-refractivity contribution is 5.47. The van der Waals surface area contributed by atoms with Crippen LogP contribution in [0, 0.1) is 11.8 Å². The van der Waals surface area contributed by atoms with Crippen molar-refractivity contribution in [2.24, 2.45) is 11.8 Å². The molecule has 1 aliphatic rings. The zero-order valence-electron chi connectivity index (χ0n) is 17.6. The molecule has 8 heteroatoms. The van der Waals surface area contributed by atoms with Crippen molar-refractivity contribution in [3.8, 4) is 11.5 Å². The van der Waals surface area contributed by atoms with Gasteiger partial charge in [-0.1, -0.05) is 44.2 Å². The van der Waals surface area contributed by atoms with E-state index in [0.29, 0.717) is 11.7 Å². The first kappa shape index (κ1) is 23.8. The smallest absolute Gasteiger partial charge is 0.411 e. The van der Waals surface area contributed by atoms with Crippen LogP contribution >= 0.6 is 0 Å². The minimum Gasteiger partial charge on any atom is -0.497 e. The molecular weight excluding hydrogens is 434 g/mol.